The van der Waals surface area contributed by atoms with Crippen molar-refractivity contribution in [1.29, 1.82) is 0 Å². The van der Waals surface area contributed by atoms with Crippen LogP contribution in [0.3, 0.4) is 0 Å². The molecule has 0 N–H and O–H groups in total. The molecule has 0 aromatic heterocycles. The van der Waals surface area contributed by atoms with E-state index in [1.54, 1.807) is 6.08 Å². The SMILES string of the molecule is O=C1C=C(c2cccc3ccccc23)CC1. The molecule has 0 amide bonds. The molecular weight excluding hydrogens is 196 g/mol. The molecule has 2 aromatic rings. The fourth-order valence-electron chi connectivity index (χ4n) is 2.31. The molecule has 1 heteroatoms. The third-order valence-electron chi connectivity index (χ3n) is 3.11. The van der Waals surface area contributed by atoms with Crippen molar-refractivity contribution in [1.82, 2.24) is 0 Å². The normalized spacial score (nSPS) is 15.5. The molecule has 0 saturated heterocycles. The lowest BCUT2D eigenvalue weighted by Gasteiger charge is -2.06. The van der Waals surface area contributed by atoms with Crippen LogP contribution in [-0.4, -0.2) is 5.78 Å². The molecule has 0 radical (unpaired) electrons. The predicted molar refractivity (Wildman–Crippen MR) is 66.2 cm³/mol. The van der Waals surface area contributed by atoms with Crippen LogP contribution in [0.1, 0.15) is 18.4 Å². The van der Waals surface area contributed by atoms with E-state index in [2.05, 4.69) is 30.3 Å². The highest BCUT2D eigenvalue weighted by molar-refractivity contribution is 6.05. The number of benzene rings is 2. The van der Waals surface area contributed by atoms with Crippen molar-refractivity contribution in [3.8, 4) is 0 Å². The van der Waals surface area contributed by atoms with Gasteiger partial charge in [0.15, 0.2) is 5.78 Å². The summed E-state index contributed by atoms with van der Waals surface area (Å²) in [6.07, 6.45) is 3.34. The third-order valence-corrected chi connectivity index (χ3v) is 3.11. The molecule has 78 valence electrons. The molecule has 0 bridgehead atoms. The molecule has 0 heterocycles. The van der Waals surface area contributed by atoms with E-state index in [9.17, 15) is 4.79 Å². The Balaban J connectivity index is 2.24. The van der Waals surface area contributed by atoms with Gasteiger partial charge in [0, 0.05) is 6.42 Å². The summed E-state index contributed by atoms with van der Waals surface area (Å²) in [5.74, 6) is 0.253. The first-order valence-corrected chi connectivity index (χ1v) is 5.56. The van der Waals surface area contributed by atoms with Gasteiger partial charge in [-0.3, -0.25) is 4.79 Å². The first-order valence-electron chi connectivity index (χ1n) is 5.56. The van der Waals surface area contributed by atoms with E-state index in [1.165, 1.54) is 21.9 Å². The molecule has 2 aromatic carbocycles. The number of hydrogen-bond acceptors (Lipinski definition) is 1. The summed E-state index contributed by atoms with van der Waals surface area (Å²) in [5, 5.41) is 2.48. The second kappa shape index (κ2) is 3.60. The summed E-state index contributed by atoms with van der Waals surface area (Å²) in [6.45, 7) is 0. The van der Waals surface area contributed by atoms with E-state index in [0.717, 1.165) is 6.42 Å². The van der Waals surface area contributed by atoms with E-state index >= 15 is 0 Å². The highest BCUT2D eigenvalue weighted by Crippen LogP contribution is 2.31. The van der Waals surface area contributed by atoms with Crippen LogP contribution in [0.4, 0.5) is 0 Å². The lowest BCUT2D eigenvalue weighted by molar-refractivity contribution is -0.114. The number of rotatable bonds is 1. The standard InChI is InChI=1S/C15H12O/c16-13-9-8-12(10-13)15-7-3-5-11-4-1-2-6-14(11)15/h1-7,10H,8-9H2. The van der Waals surface area contributed by atoms with Crippen molar-refractivity contribution >= 4 is 22.1 Å². The second-order valence-electron chi connectivity index (χ2n) is 4.16. The number of allylic oxidation sites excluding steroid dienone is 2. The third kappa shape index (κ3) is 1.45. The highest BCUT2D eigenvalue weighted by Gasteiger charge is 2.14. The van der Waals surface area contributed by atoms with Gasteiger partial charge in [-0.05, 0) is 34.4 Å². The lowest BCUT2D eigenvalue weighted by Crippen LogP contribution is -1.83. The zero-order chi connectivity index (χ0) is 11.0. The molecule has 0 saturated carbocycles. The molecule has 1 aliphatic carbocycles. The van der Waals surface area contributed by atoms with Crippen LogP contribution in [0.25, 0.3) is 16.3 Å². The van der Waals surface area contributed by atoms with E-state index in [-0.39, 0.29) is 5.78 Å². The summed E-state index contributed by atoms with van der Waals surface area (Å²) in [4.78, 5) is 11.3. The Bertz CT molecular complexity index is 588. The van der Waals surface area contributed by atoms with Crippen molar-refractivity contribution in [2.75, 3.05) is 0 Å². The van der Waals surface area contributed by atoms with Gasteiger partial charge >= 0.3 is 0 Å². The first-order chi connectivity index (χ1) is 7.84. The molecule has 1 aliphatic rings. The van der Waals surface area contributed by atoms with Crippen molar-refractivity contribution in [2.45, 2.75) is 12.8 Å². The quantitative estimate of drug-likeness (QED) is 0.700. The fraction of sp³-hybridized carbons (Fsp3) is 0.133. The fourth-order valence-corrected chi connectivity index (χ4v) is 2.31. The molecule has 0 spiro atoms. The number of fused-ring (bicyclic) bond motifs is 1. The van der Waals surface area contributed by atoms with Crippen molar-refractivity contribution in [3.63, 3.8) is 0 Å². The van der Waals surface area contributed by atoms with Crippen LogP contribution in [0.5, 0.6) is 0 Å². The monoisotopic (exact) mass is 208 g/mol. The number of hydrogen-bond donors (Lipinski definition) is 0. The second-order valence-corrected chi connectivity index (χ2v) is 4.16. The van der Waals surface area contributed by atoms with Gasteiger partial charge in [0.1, 0.15) is 0 Å². The summed E-state index contributed by atoms with van der Waals surface area (Å²) in [7, 11) is 0. The van der Waals surface area contributed by atoms with Crippen molar-refractivity contribution in [2.24, 2.45) is 0 Å². The summed E-state index contributed by atoms with van der Waals surface area (Å²) in [5.41, 5.74) is 2.39. The lowest BCUT2D eigenvalue weighted by atomic mass is 9.98. The minimum absolute atomic E-state index is 0.253. The molecule has 3 rings (SSSR count). The Hall–Kier alpha value is -1.89. The van der Waals surface area contributed by atoms with Gasteiger partial charge in [0.05, 0.1) is 0 Å². The van der Waals surface area contributed by atoms with Crippen molar-refractivity contribution in [3.05, 3.63) is 54.1 Å². The number of carbonyl (C=O) groups excluding carboxylic acids is 1. The maximum absolute atomic E-state index is 11.3. The molecule has 0 aliphatic heterocycles. The number of carbonyl (C=O) groups is 1. The van der Waals surface area contributed by atoms with Gasteiger partial charge in [-0.1, -0.05) is 42.5 Å². The topological polar surface area (TPSA) is 17.1 Å². The highest BCUT2D eigenvalue weighted by atomic mass is 16.1. The van der Waals surface area contributed by atoms with Crippen LogP contribution < -0.4 is 0 Å². The Morgan fingerprint density at radius 3 is 2.50 bits per heavy atom. The molecule has 1 nitrogen and oxygen atoms in total. The van der Waals surface area contributed by atoms with Crippen LogP contribution in [-0.2, 0) is 4.79 Å². The Morgan fingerprint density at radius 2 is 1.69 bits per heavy atom. The minimum atomic E-state index is 0.253. The van der Waals surface area contributed by atoms with E-state index in [0.29, 0.717) is 6.42 Å². The van der Waals surface area contributed by atoms with Gasteiger partial charge < -0.3 is 0 Å². The molecule has 0 unspecified atom stereocenters. The first kappa shape index (κ1) is 9.34. The average Bonchev–Trinajstić information content (AvgIpc) is 2.75. The minimum Gasteiger partial charge on any atom is -0.295 e. The van der Waals surface area contributed by atoms with Gasteiger partial charge in [0.2, 0.25) is 0 Å². The Kier molecular flexibility index (Phi) is 2.10. The van der Waals surface area contributed by atoms with Crippen LogP contribution in [0.2, 0.25) is 0 Å². The zero-order valence-electron chi connectivity index (χ0n) is 8.94. The summed E-state index contributed by atoms with van der Waals surface area (Å²) in [6, 6.07) is 14.6. The molecule has 0 atom stereocenters. The zero-order valence-corrected chi connectivity index (χ0v) is 8.94. The molecule has 16 heavy (non-hydrogen) atoms. The van der Waals surface area contributed by atoms with Gasteiger partial charge in [-0.25, -0.2) is 0 Å². The average molecular weight is 208 g/mol. The van der Waals surface area contributed by atoms with Crippen LogP contribution >= 0.6 is 0 Å². The molecule has 0 fully saturated rings. The summed E-state index contributed by atoms with van der Waals surface area (Å²) < 4.78 is 0. The van der Waals surface area contributed by atoms with E-state index in [4.69, 9.17) is 0 Å². The van der Waals surface area contributed by atoms with Gasteiger partial charge in [-0.15, -0.1) is 0 Å². The predicted octanol–water partition coefficient (Wildman–Crippen LogP) is 3.59. The number of ketones is 1. The van der Waals surface area contributed by atoms with E-state index < -0.39 is 0 Å². The Morgan fingerprint density at radius 1 is 0.875 bits per heavy atom. The van der Waals surface area contributed by atoms with E-state index in [1.807, 2.05) is 12.1 Å². The van der Waals surface area contributed by atoms with Gasteiger partial charge in [-0.2, -0.15) is 0 Å². The summed E-state index contributed by atoms with van der Waals surface area (Å²) >= 11 is 0. The van der Waals surface area contributed by atoms with Gasteiger partial charge in [0.25, 0.3) is 0 Å². The Labute approximate surface area is 94.4 Å². The maximum atomic E-state index is 11.3. The smallest absolute Gasteiger partial charge is 0.156 e. The largest absolute Gasteiger partial charge is 0.295 e. The van der Waals surface area contributed by atoms with Crippen LogP contribution in [0, 0.1) is 0 Å². The molecular formula is C15H12O. The maximum Gasteiger partial charge on any atom is 0.156 e. The van der Waals surface area contributed by atoms with Crippen LogP contribution in [0.15, 0.2) is 48.5 Å². The van der Waals surface area contributed by atoms with Crippen molar-refractivity contribution < 1.29 is 4.79 Å².